The van der Waals surface area contributed by atoms with E-state index in [1.165, 1.54) is 6.07 Å². The fraction of sp³-hybridized carbons (Fsp3) is 0.364. The summed E-state index contributed by atoms with van der Waals surface area (Å²) < 4.78 is 26.4. The average Bonchev–Trinajstić information content (AvgIpc) is 2.48. The molecule has 1 amide bonds. The molecule has 0 radical (unpaired) electrons. The van der Waals surface area contributed by atoms with E-state index in [9.17, 15) is 13.6 Å². The van der Waals surface area contributed by atoms with E-state index in [4.69, 9.17) is 5.73 Å². The van der Waals surface area contributed by atoms with Crippen LogP contribution in [0.2, 0.25) is 0 Å². The monoisotopic (exact) mass is 241 g/mol. The Morgan fingerprint density at radius 1 is 1.29 bits per heavy atom. The van der Waals surface area contributed by atoms with Gasteiger partial charge in [-0.1, -0.05) is 0 Å². The highest BCUT2D eigenvalue weighted by Gasteiger charge is 2.18. The number of halogens is 2. The standard InChI is InChI=1S/C11H13F2N3O/c12-7-5-8(13)11(14)9(6-7)16-3-1-10(17)15-2-4-16/h5-6H,1-4,14H2,(H,15,17). The van der Waals surface area contributed by atoms with Gasteiger partial charge in [0.2, 0.25) is 5.91 Å². The molecular formula is C11H13F2N3O. The van der Waals surface area contributed by atoms with Crippen molar-refractivity contribution in [2.75, 3.05) is 30.3 Å². The van der Waals surface area contributed by atoms with Crippen LogP contribution in [0.5, 0.6) is 0 Å². The van der Waals surface area contributed by atoms with E-state index in [2.05, 4.69) is 5.32 Å². The van der Waals surface area contributed by atoms with Crippen LogP contribution in [0.25, 0.3) is 0 Å². The summed E-state index contributed by atoms with van der Waals surface area (Å²) in [6, 6.07) is 1.94. The molecule has 1 aromatic rings. The molecule has 4 nitrogen and oxygen atoms in total. The lowest BCUT2D eigenvalue weighted by atomic mass is 10.2. The van der Waals surface area contributed by atoms with Crippen LogP contribution < -0.4 is 16.0 Å². The summed E-state index contributed by atoms with van der Waals surface area (Å²) in [7, 11) is 0. The first kappa shape index (κ1) is 11.6. The Hall–Kier alpha value is -1.85. The van der Waals surface area contributed by atoms with Gasteiger partial charge in [-0.25, -0.2) is 8.78 Å². The van der Waals surface area contributed by atoms with Gasteiger partial charge in [-0.3, -0.25) is 4.79 Å². The molecule has 0 atom stereocenters. The Morgan fingerprint density at radius 2 is 2.06 bits per heavy atom. The van der Waals surface area contributed by atoms with Gasteiger partial charge in [0.25, 0.3) is 0 Å². The van der Waals surface area contributed by atoms with Gasteiger partial charge in [0, 0.05) is 32.1 Å². The number of benzene rings is 1. The number of carbonyl (C=O) groups is 1. The highest BCUT2D eigenvalue weighted by atomic mass is 19.1. The third kappa shape index (κ3) is 2.46. The van der Waals surface area contributed by atoms with Gasteiger partial charge in [0.1, 0.15) is 5.82 Å². The topological polar surface area (TPSA) is 58.4 Å². The van der Waals surface area contributed by atoms with Crippen LogP contribution in [-0.4, -0.2) is 25.5 Å². The third-order valence-corrected chi connectivity index (χ3v) is 2.73. The van der Waals surface area contributed by atoms with Crippen LogP contribution in [0.3, 0.4) is 0 Å². The summed E-state index contributed by atoms with van der Waals surface area (Å²) in [5.41, 5.74) is 5.80. The van der Waals surface area contributed by atoms with Crippen LogP contribution >= 0.6 is 0 Å². The first-order chi connectivity index (χ1) is 8.08. The molecule has 0 aliphatic carbocycles. The van der Waals surface area contributed by atoms with Crippen molar-refractivity contribution >= 4 is 17.3 Å². The van der Waals surface area contributed by atoms with Gasteiger partial charge in [0.15, 0.2) is 5.82 Å². The minimum Gasteiger partial charge on any atom is -0.395 e. The smallest absolute Gasteiger partial charge is 0.221 e. The van der Waals surface area contributed by atoms with Crippen LogP contribution in [0.4, 0.5) is 20.2 Å². The van der Waals surface area contributed by atoms with Crippen LogP contribution in [0, 0.1) is 11.6 Å². The zero-order valence-corrected chi connectivity index (χ0v) is 9.17. The van der Waals surface area contributed by atoms with Crippen molar-refractivity contribution < 1.29 is 13.6 Å². The van der Waals surface area contributed by atoms with E-state index >= 15 is 0 Å². The van der Waals surface area contributed by atoms with E-state index in [-0.39, 0.29) is 18.0 Å². The van der Waals surface area contributed by atoms with Crippen LogP contribution in [0.1, 0.15) is 6.42 Å². The fourth-order valence-electron chi connectivity index (χ4n) is 1.84. The third-order valence-electron chi connectivity index (χ3n) is 2.73. The van der Waals surface area contributed by atoms with Crippen molar-refractivity contribution in [2.45, 2.75) is 6.42 Å². The van der Waals surface area contributed by atoms with E-state index in [0.717, 1.165) is 6.07 Å². The quantitative estimate of drug-likeness (QED) is 0.717. The maximum absolute atomic E-state index is 13.3. The SMILES string of the molecule is Nc1c(F)cc(F)cc1N1CCNC(=O)CC1. The number of nitrogens with two attached hydrogens (primary N) is 1. The second kappa shape index (κ2) is 4.57. The lowest BCUT2D eigenvalue weighted by molar-refractivity contribution is -0.120. The number of amides is 1. The van der Waals surface area contributed by atoms with Crippen molar-refractivity contribution in [1.29, 1.82) is 0 Å². The summed E-state index contributed by atoms with van der Waals surface area (Å²) in [6.45, 7) is 1.33. The lowest BCUT2D eigenvalue weighted by Crippen LogP contribution is -2.29. The summed E-state index contributed by atoms with van der Waals surface area (Å²) >= 11 is 0. The molecule has 0 unspecified atom stereocenters. The number of rotatable bonds is 1. The number of nitrogen functional groups attached to an aromatic ring is 1. The van der Waals surface area contributed by atoms with Crippen molar-refractivity contribution in [1.82, 2.24) is 5.32 Å². The molecule has 6 heteroatoms. The Kier molecular flexibility index (Phi) is 3.12. The van der Waals surface area contributed by atoms with E-state index in [1.807, 2.05) is 0 Å². The van der Waals surface area contributed by atoms with Gasteiger partial charge in [0.05, 0.1) is 11.4 Å². The molecule has 1 saturated heterocycles. The predicted octanol–water partition coefficient (Wildman–Crippen LogP) is 0.873. The van der Waals surface area contributed by atoms with Crippen LogP contribution in [0.15, 0.2) is 12.1 Å². The zero-order valence-electron chi connectivity index (χ0n) is 9.17. The Labute approximate surface area is 97.4 Å². The molecule has 92 valence electrons. The first-order valence-corrected chi connectivity index (χ1v) is 5.34. The van der Waals surface area contributed by atoms with Crippen molar-refractivity contribution in [3.63, 3.8) is 0 Å². The zero-order chi connectivity index (χ0) is 12.4. The number of carbonyl (C=O) groups excluding carboxylic acids is 1. The number of hydrogen-bond donors (Lipinski definition) is 2. The minimum absolute atomic E-state index is 0.0667. The van der Waals surface area contributed by atoms with Gasteiger partial charge in [-0.05, 0) is 6.07 Å². The van der Waals surface area contributed by atoms with Crippen molar-refractivity contribution in [3.05, 3.63) is 23.8 Å². The average molecular weight is 241 g/mol. The van der Waals surface area contributed by atoms with Gasteiger partial charge in [-0.2, -0.15) is 0 Å². The summed E-state index contributed by atoms with van der Waals surface area (Å²) in [6.07, 6.45) is 0.289. The van der Waals surface area contributed by atoms with E-state index in [1.54, 1.807) is 4.90 Å². The minimum atomic E-state index is -0.775. The number of hydrogen-bond acceptors (Lipinski definition) is 3. The Morgan fingerprint density at radius 3 is 2.82 bits per heavy atom. The molecule has 1 aliphatic heterocycles. The summed E-state index contributed by atoms with van der Waals surface area (Å²) in [4.78, 5) is 12.9. The molecule has 0 spiro atoms. The molecular weight excluding hydrogens is 228 g/mol. The molecule has 1 heterocycles. The molecule has 0 bridgehead atoms. The molecule has 1 aliphatic rings. The van der Waals surface area contributed by atoms with Crippen LogP contribution in [-0.2, 0) is 4.79 Å². The second-order valence-corrected chi connectivity index (χ2v) is 3.91. The predicted molar refractivity (Wildman–Crippen MR) is 60.6 cm³/mol. The highest BCUT2D eigenvalue weighted by molar-refractivity contribution is 5.78. The maximum Gasteiger partial charge on any atom is 0.221 e. The first-order valence-electron chi connectivity index (χ1n) is 5.34. The number of anilines is 2. The molecule has 1 fully saturated rings. The van der Waals surface area contributed by atoms with E-state index in [0.29, 0.717) is 25.3 Å². The molecule has 1 aromatic carbocycles. The Balaban J connectivity index is 2.29. The number of nitrogens with one attached hydrogen (secondary N) is 1. The van der Waals surface area contributed by atoms with Gasteiger partial charge < -0.3 is 16.0 Å². The largest absolute Gasteiger partial charge is 0.395 e. The molecule has 3 N–H and O–H groups in total. The van der Waals surface area contributed by atoms with Crippen molar-refractivity contribution in [3.8, 4) is 0 Å². The highest BCUT2D eigenvalue weighted by Crippen LogP contribution is 2.27. The second-order valence-electron chi connectivity index (χ2n) is 3.91. The normalized spacial score (nSPS) is 16.6. The molecule has 17 heavy (non-hydrogen) atoms. The van der Waals surface area contributed by atoms with Crippen molar-refractivity contribution in [2.24, 2.45) is 0 Å². The fourth-order valence-corrected chi connectivity index (χ4v) is 1.84. The lowest BCUT2D eigenvalue weighted by Gasteiger charge is -2.23. The van der Waals surface area contributed by atoms with Gasteiger partial charge >= 0.3 is 0 Å². The van der Waals surface area contributed by atoms with Gasteiger partial charge in [-0.15, -0.1) is 0 Å². The number of nitrogens with zero attached hydrogens (tertiary/aromatic N) is 1. The molecule has 2 rings (SSSR count). The summed E-state index contributed by atoms with van der Waals surface area (Å²) in [5, 5.41) is 2.68. The summed E-state index contributed by atoms with van der Waals surface area (Å²) in [5.74, 6) is -1.51. The maximum atomic E-state index is 13.3. The molecule has 0 aromatic heterocycles. The Bertz CT molecular complexity index is 451. The molecule has 0 saturated carbocycles. The van der Waals surface area contributed by atoms with E-state index < -0.39 is 11.6 Å².